The van der Waals surface area contributed by atoms with Crippen LogP contribution >= 0.6 is 11.6 Å². The summed E-state index contributed by atoms with van der Waals surface area (Å²) in [5.41, 5.74) is 2.89. The Morgan fingerprint density at radius 1 is 0.968 bits per heavy atom. The van der Waals surface area contributed by atoms with Crippen LogP contribution in [0.5, 0.6) is 0 Å². The highest BCUT2D eigenvalue weighted by Crippen LogP contribution is 2.28. The van der Waals surface area contributed by atoms with Crippen molar-refractivity contribution in [1.82, 2.24) is 14.1 Å². The van der Waals surface area contributed by atoms with Crippen molar-refractivity contribution in [2.24, 2.45) is 0 Å². The van der Waals surface area contributed by atoms with Crippen LogP contribution in [-0.4, -0.2) is 67.7 Å². The minimum absolute atomic E-state index is 0.0278. The van der Waals surface area contributed by atoms with Crippen LogP contribution in [0.25, 0.3) is 0 Å². The largest absolute Gasteiger partial charge is 0.336 e. The first-order valence-corrected chi connectivity index (χ1v) is 12.5. The van der Waals surface area contributed by atoms with Gasteiger partial charge in [0.15, 0.2) is 0 Å². The minimum atomic E-state index is -3.68. The van der Waals surface area contributed by atoms with Gasteiger partial charge >= 0.3 is 0 Å². The second-order valence-electron chi connectivity index (χ2n) is 8.31. The molecule has 0 atom stereocenters. The molecule has 0 radical (unpaired) electrons. The molecular formula is C23H28ClN3O3S. The molecule has 0 N–H and O–H groups in total. The van der Waals surface area contributed by atoms with Crippen molar-refractivity contribution < 1.29 is 13.2 Å². The van der Waals surface area contributed by atoms with Gasteiger partial charge in [-0.05, 0) is 43.5 Å². The fraction of sp³-hybridized carbons (Fsp3) is 0.435. The lowest BCUT2D eigenvalue weighted by Gasteiger charge is -2.35. The predicted molar refractivity (Wildman–Crippen MR) is 122 cm³/mol. The van der Waals surface area contributed by atoms with Gasteiger partial charge in [-0.2, -0.15) is 4.31 Å². The Morgan fingerprint density at radius 2 is 1.68 bits per heavy atom. The number of halogens is 1. The summed E-state index contributed by atoms with van der Waals surface area (Å²) in [5, 5.41) is 0.159. The van der Waals surface area contributed by atoms with Gasteiger partial charge in [0.2, 0.25) is 10.0 Å². The van der Waals surface area contributed by atoms with Crippen molar-refractivity contribution in [3.63, 3.8) is 0 Å². The number of carbonyl (C=O) groups is 1. The van der Waals surface area contributed by atoms with E-state index < -0.39 is 10.0 Å². The summed E-state index contributed by atoms with van der Waals surface area (Å²) in [4.78, 5) is 17.2. The zero-order valence-corrected chi connectivity index (χ0v) is 19.3. The summed E-state index contributed by atoms with van der Waals surface area (Å²) in [5.74, 6) is -0.148. The van der Waals surface area contributed by atoms with Gasteiger partial charge in [0.05, 0.1) is 5.02 Å². The molecule has 0 aliphatic carbocycles. The molecule has 2 aromatic carbocycles. The molecule has 2 saturated heterocycles. The van der Waals surface area contributed by atoms with Crippen LogP contribution in [0.1, 0.15) is 34.3 Å². The molecular weight excluding hydrogens is 434 g/mol. The maximum absolute atomic E-state index is 13.1. The van der Waals surface area contributed by atoms with Gasteiger partial charge in [-0.1, -0.05) is 41.4 Å². The molecule has 2 aliphatic heterocycles. The average molecular weight is 462 g/mol. The highest BCUT2D eigenvalue weighted by molar-refractivity contribution is 7.89. The van der Waals surface area contributed by atoms with E-state index >= 15 is 0 Å². The number of rotatable bonds is 5. The number of hydrogen-bond acceptors (Lipinski definition) is 4. The van der Waals surface area contributed by atoms with Crippen LogP contribution < -0.4 is 0 Å². The molecule has 4 rings (SSSR count). The fourth-order valence-electron chi connectivity index (χ4n) is 4.26. The van der Waals surface area contributed by atoms with E-state index in [4.69, 9.17) is 11.6 Å². The number of hydrogen-bond donors (Lipinski definition) is 0. The summed E-state index contributed by atoms with van der Waals surface area (Å²) >= 11 is 6.22. The summed E-state index contributed by atoms with van der Waals surface area (Å²) in [6.07, 6.45) is 1.70. The topological polar surface area (TPSA) is 60.9 Å². The van der Waals surface area contributed by atoms with E-state index in [1.807, 2.05) is 0 Å². The summed E-state index contributed by atoms with van der Waals surface area (Å²) in [6, 6.07) is 13.0. The average Bonchev–Trinajstić information content (AvgIpc) is 3.30. The van der Waals surface area contributed by atoms with E-state index in [9.17, 15) is 13.2 Å². The van der Waals surface area contributed by atoms with Crippen molar-refractivity contribution in [3.8, 4) is 0 Å². The molecule has 31 heavy (non-hydrogen) atoms. The van der Waals surface area contributed by atoms with E-state index in [-0.39, 0.29) is 15.8 Å². The molecule has 1 amide bonds. The number of sulfonamides is 1. The zero-order valence-electron chi connectivity index (χ0n) is 17.8. The van der Waals surface area contributed by atoms with Crippen molar-refractivity contribution in [2.45, 2.75) is 31.2 Å². The van der Waals surface area contributed by atoms with Gasteiger partial charge in [-0.3, -0.25) is 9.69 Å². The molecule has 0 unspecified atom stereocenters. The summed E-state index contributed by atoms with van der Waals surface area (Å²) < 4.78 is 27.4. The van der Waals surface area contributed by atoms with Gasteiger partial charge in [0, 0.05) is 51.4 Å². The quantitative estimate of drug-likeness (QED) is 0.684. The molecule has 6 nitrogen and oxygen atoms in total. The molecule has 0 bridgehead atoms. The number of amides is 1. The molecule has 2 aliphatic rings. The summed E-state index contributed by atoms with van der Waals surface area (Å²) in [7, 11) is -3.68. The monoisotopic (exact) mass is 461 g/mol. The lowest BCUT2D eigenvalue weighted by atomic mass is 10.1. The van der Waals surface area contributed by atoms with Crippen LogP contribution in [0.2, 0.25) is 5.02 Å². The third-order valence-electron chi connectivity index (χ3n) is 6.01. The fourth-order valence-corrected chi connectivity index (χ4v) is 6.28. The summed E-state index contributed by atoms with van der Waals surface area (Å²) in [6.45, 7) is 6.74. The predicted octanol–water partition coefficient (Wildman–Crippen LogP) is 3.39. The first-order chi connectivity index (χ1) is 14.8. The third kappa shape index (κ3) is 4.95. The first-order valence-electron chi connectivity index (χ1n) is 10.7. The van der Waals surface area contributed by atoms with Crippen molar-refractivity contribution in [1.29, 1.82) is 0 Å². The molecule has 166 valence electrons. The normalized spacial score (nSPS) is 18.5. The maximum atomic E-state index is 13.1. The smallest absolute Gasteiger partial charge is 0.253 e. The van der Waals surface area contributed by atoms with Crippen LogP contribution in [0.15, 0.2) is 47.4 Å². The highest BCUT2D eigenvalue weighted by Gasteiger charge is 2.30. The Balaban J connectivity index is 1.43. The number of aryl methyl sites for hydroxylation is 1. The van der Waals surface area contributed by atoms with Crippen molar-refractivity contribution in [3.05, 3.63) is 64.2 Å². The molecule has 8 heteroatoms. The Labute approximate surface area is 189 Å². The first kappa shape index (κ1) is 22.3. The van der Waals surface area contributed by atoms with E-state index in [2.05, 4.69) is 36.1 Å². The van der Waals surface area contributed by atoms with Gasteiger partial charge in [-0.15, -0.1) is 0 Å². The lowest BCUT2D eigenvalue weighted by molar-refractivity contribution is 0.0628. The standard InChI is InChI=1S/C23H28ClN3O3S/c1-18-5-4-6-19(15-18)17-25-11-13-26(14-12-25)23(28)20-7-8-21(24)22(16-20)31(29,30)27-9-2-3-10-27/h4-8,15-16H,2-3,9-14,17H2,1H3. The second kappa shape index (κ2) is 9.28. The van der Waals surface area contributed by atoms with Crippen molar-refractivity contribution >= 4 is 27.5 Å². The number of carbonyl (C=O) groups excluding carboxylic acids is 1. The zero-order chi connectivity index (χ0) is 22.0. The SMILES string of the molecule is Cc1cccc(CN2CCN(C(=O)c3ccc(Cl)c(S(=O)(=O)N4CCCC4)c3)CC2)c1. The lowest BCUT2D eigenvalue weighted by Crippen LogP contribution is -2.48. The third-order valence-corrected chi connectivity index (χ3v) is 8.39. The maximum Gasteiger partial charge on any atom is 0.253 e. The van der Waals surface area contributed by atoms with Crippen LogP contribution in [0, 0.1) is 6.92 Å². The second-order valence-corrected chi connectivity index (χ2v) is 10.6. The Morgan fingerprint density at radius 3 is 2.35 bits per heavy atom. The van der Waals surface area contributed by atoms with E-state index in [1.165, 1.54) is 27.6 Å². The molecule has 0 aromatic heterocycles. The van der Waals surface area contributed by atoms with Gasteiger partial charge in [-0.25, -0.2) is 8.42 Å². The van der Waals surface area contributed by atoms with Gasteiger partial charge in [0.25, 0.3) is 5.91 Å². The molecule has 2 heterocycles. The van der Waals surface area contributed by atoms with Crippen LogP contribution in [-0.2, 0) is 16.6 Å². The Bertz CT molecular complexity index is 1060. The van der Waals surface area contributed by atoms with Crippen LogP contribution in [0.4, 0.5) is 0 Å². The van der Waals surface area contributed by atoms with Crippen molar-refractivity contribution in [2.75, 3.05) is 39.3 Å². The Hall–Kier alpha value is -1.93. The molecule has 2 fully saturated rings. The highest BCUT2D eigenvalue weighted by atomic mass is 35.5. The van der Waals surface area contributed by atoms with E-state index in [0.717, 1.165) is 32.5 Å². The van der Waals surface area contributed by atoms with Crippen LogP contribution in [0.3, 0.4) is 0 Å². The molecule has 0 spiro atoms. The number of nitrogens with zero attached hydrogens (tertiary/aromatic N) is 3. The Kier molecular flexibility index (Phi) is 6.67. The van der Waals surface area contributed by atoms with E-state index in [0.29, 0.717) is 31.7 Å². The van der Waals surface area contributed by atoms with E-state index in [1.54, 1.807) is 11.0 Å². The molecule has 0 saturated carbocycles. The van der Waals surface area contributed by atoms with Gasteiger partial charge < -0.3 is 4.90 Å². The number of piperazine rings is 1. The molecule has 2 aromatic rings. The minimum Gasteiger partial charge on any atom is -0.336 e. The van der Waals surface area contributed by atoms with Gasteiger partial charge in [0.1, 0.15) is 4.90 Å². The number of benzene rings is 2.